The van der Waals surface area contributed by atoms with Crippen LogP contribution in [0.25, 0.3) is 10.9 Å². The number of hydrogen-bond donors (Lipinski definition) is 1. The van der Waals surface area contributed by atoms with E-state index < -0.39 is 0 Å². The van der Waals surface area contributed by atoms with Crippen LogP contribution in [0.5, 0.6) is 0 Å². The van der Waals surface area contributed by atoms with Crippen molar-refractivity contribution in [1.82, 2.24) is 10.3 Å². The quantitative estimate of drug-likeness (QED) is 0.929. The molecule has 1 aromatic heterocycles. The number of nitrogens with zero attached hydrogens (tertiary/aromatic N) is 2. The number of para-hydroxylation sites is 1. The molecule has 0 bridgehead atoms. The molecule has 1 aliphatic heterocycles. The highest BCUT2D eigenvalue weighted by Crippen LogP contribution is 2.28. The van der Waals surface area contributed by atoms with E-state index in [1.165, 1.54) is 36.0 Å². The van der Waals surface area contributed by atoms with Crippen LogP contribution in [-0.2, 0) is 6.54 Å². The molecule has 1 aromatic carbocycles. The lowest BCUT2D eigenvalue weighted by atomic mass is 9.95. The van der Waals surface area contributed by atoms with Crippen LogP contribution in [0.2, 0.25) is 0 Å². The third kappa shape index (κ3) is 3.03. The molecule has 21 heavy (non-hydrogen) atoms. The van der Waals surface area contributed by atoms with E-state index in [2.05, 4.69) is 47.5 Å². The third-order valence-corrected chi connectivity index (χ3v) is 4.54. The molecule has 0 saturated carbocycles. The molecule has 3 nitrogen and oxygen atoms in total. The van der Waals surface area contributed by atoms with E-state index in [0.29, 0.717) is 0 Å². The Hall–Kier alpha value is -1.61. The third-order valence-electron chi connectivity index (χ3n) is 4.54. The maximum absolute atomic E-state index is 4.97. The Morgan fingerprint density at radius 3 is 3.00 bits per heavy atom. The molecule has 2 heterocycles. The number of piperidine rings is 1. The van der Waals surface area contributed by atoms with Gasteiger partial charge in [-0.2, -0.15) is 0 Å². The predicted molar refractivity (Wildman–Crippen MR) is 89.7 cm³/mol. The highest BCUT2D eigenvalue weighted by atomic mass is 15.2. The smallest absolute Gasteiger partial charge is 0.133 e. The van der Waals surface area contributed by atoms with Crippen molar-refractivity contribution < 1.29 is 0 Å². The molecule has 0 amide bonds. The molecule has 3 heteroatoms. The topological polar surface area (TPSA) is 28.2 Å². The molecule has 112 valence electrons. The monoisotopic (exact) mass is 283 g/mol. The van der Waals surface area contributed by atoms with Gasteiger partial charge in [-0.25, -0.2) is 4.98 Å². The van der Waals surface area contributed by atoms with Crippen LogP contribution < -0.4 is 10.2 Å². The molecule has 0 radical (unpaired) electrons. The molecule has 1 aliphatic rings. The zero-order chi connectivity index (χ0) is 14.7. The van der Waals surface area contributed by atoms with Gasteiger partial charge in [-0.3, -0.25) is 0 Å². The minimum atomic E-state index is 0.814. The standard InChI is InChI=1S/C18H25N3/c1-3-14-7-6-10-21(13-14)18-16(12-19-2)11-15-8-4-5-9-17(15)20-18/h4-5,8-9,11,14,19H,3,6-7,10,12-13H2,1-2H3. The van der Waals surface area contributed by atoms with Gasteiger partial charge in [0.1, 0.15) is 5.82 Å². The second kappa shape index (κ2) is 6.44. The van der Waals surface area contributed by atoms with E-state index in [1.807, 2.05) is 7.05 Å². The van der Waals surface area contributed by atoms with Crippen LogP contribution in [-0.4, -0.2) is 25.1 Å². The molecule has 1 fully saturated rings. The van der Waals surface area contributed by atoms with Crippen LogP contribution in [0.15, 0.2) is 30.3 Å². The van der Waals surface area contributed by atoms with Gasteiger partial charge in [0.05, 0.1) is 5.52 Å². The first kappa shape index (κ1) is 14.3. The van der Waals surface area contributed by atoms with Crippen molar-refractivity contribution in [3.63, 3.8) is 0 Å². The maximum atomic E-state index is 4.97. The van der Waals surface area contributed by atoms with Crippen molar-refractivity contribution in [2.45, 2.75) is 32.7 Å². The van der Waals surface area contributed by atoms with Gasteiger partial charge in [0.25, 0.3) is 0 Å². The maximum Gasteiger partial charge on any atom is 0.133 e. The minimum absolute atomic E-state index is 0.814. The lowest BCUT2D eigenvalue weighted by Gasteiger charge is -2.34. The van der Waals surface area contributed by atoms with Crippen molar-refractivity contribution >= 4 is 16.7 Å². The number of rotatable bonds is 4. The molecular formula is C18H25N3. The highest BCUT2D eigenvalue weighted by Gasteiger charge is 2.21. The Morgan fingerprint density at radius 1 is 1.33 bits per heavy atom. The summed E-state index contributed by atoms with van der Waals surface area (Å²) in [6, 6.07) is 10.7. The fraction of sp³-hybridized carbons (Fsp3) is 0.500. The minimum Gasteiger partial charge on any atom is -0.356 e. The highest BCUT2D eigenvalue weighted by molar-refractivity contribution is 5.81. The summed E-state index contributed by atoms with van der Waals surface area (Å²) in [6.45, 7) is 5.47. The van der Waals surface area contributed by atoms with E-state index in [0.717, 1.165) is 31.1 Å². The number of nitrogens with one attached hydrogen (secondary N) is 1. The number of fused-ring (bicyclic) bond motifs is 1. The molecule has 0 aliphatic carbocycles. The zero-order valence-electron chi connectivity index (χ0n) is 13.1. The molecule has 2 aromatic rings. The first-order valence-electron chi connectivity index (χ1n) is 8.10. The Bertz CT molecular complexity index is 608. The van der Waals surface area contributed by atoms with Crippen LogP contribution in [0.3, 0.4) is 0 Å². The summed E-state index contributed by atoms with van der Waals surface area (Å²) in [5.74, 6) is 2.00. The van der Waals surface area contributed by atoms with Gasteiger partial charge in [0, 0.05) is 30.6 Å². The van der Waals surface area contributed by atoms with Crippen LogP contribution in [0.1, 0.15) is 31.7 Å². The summed E-state index contributed by atoms with van der Waals surface area (Å²) in [5.41, 5.74) is 2.42. The van der Waals surface area contributed by atoms with E-state index in [9.17, 15) is 0 Å². The molecule has 0 spiro atoms. The average Bonchev–Trinajstić information content (AvgIpc) is 2.54. The summed E-state index contributed by atoms with van der Waals surface area (Å²) in [4.78, 5) is 7.47. The Morgan fingerprint density at radius 2 is 2.19 bits per heavy atom. The van der Waals surface area contributed by atoms with Crippen LogP contribution in [0.4, 0.5) is 5.82 Å². The van der Waals surface area contributed by atoms with Crippen molar-refractivity contribution in [3.8, 4) is 0 Å². The van der Waals surface area contributed by atoms with E-state index in [4.69, 9.17) is 4.98 Å². The van der Waals surface area contributed by atoms with Gasteiger partial charge in [-0.15, -0.1) is 0 Å². The SMILES string of the molecule is CCC1CCCN(c2nc3ccccc3cc2CNC)C1. The first-order valence-corrected chi connectivity index (χ1v) is 8.10. The molecule has 1 saturated heterocycles. The zero-order valence-corrected chi connectivity index (χ0v) is 13.1. The summed E-state index contributed by atoms with van der Waals surface area (Å²) in [5, 5.41) is 4.52. The predicted octanol–water partition coefficient (Wildman–Crippen LogP) is 3.58. The second-order valence-electron chi connectivity index (χ2n) is 6.06. The fourth-order valence-corrected chi connectivity index (χ4v) is 3.33. The summed E-state index contributed by atoms with van der Waals surface area (Å²) in [6.07, 6.45) is 3.92. The van der Waals surface area contributed by atoms with Gasteiger partial charge in [0.15, 0.2) is 0 Å². The van der Waals surface area contributed by atoms with Crippen LogP contribution >= 0.6 is 0 Å². The number of aromatic nitrogens is 1. The summed E-state index contributed by atoms with van der Waals surface area (Å²) in [7, 11) is 2.00. The van der Waals surface area contributed by atoms with Crippen molar-refractivity contribution in [2.24, 2.45) is 5.92 Å². The Kier molecular flexibility index (Phi) is 4.39. The number of benzene rings is 1. The molecule has 1 N–H and O–H groups in total. The van der Waals surface area contributed by atoms with Crippen molar-refractivity contribution in [3.05, 3.63) is 35.9 Å². The summed E-state index contributed by atoms with van der Waals surface area (Å²) < 4.78 is 0. The van der Waals surface area contributed by atoms with Crippen molar-refractivity contribution in [1.29, 1.82) is 0 Å². The Balaban J connectivity index is 2.00. The number of anilines is 1. The molecule has 1 unspecified atom stereocenters. The van der Waals surface area contributed by atoms with Gasteiger partial charge in [-0.1, -0.05) is 31.5 Å². The Labute approximate surface area is 127 Å². The second-order valence-corrected chi connectivity index (χ2v) is 6.06. The van der Waals surface area contributed by atoms with Gasteiger partial charge in [0.2, 0.25) is 0 Å². The largest absolute Gasteiger partial charge is 0.356 e. The fourth-order valence-electron chi connectivity index (χ4n) is 3.33. The first-order chi connectivity index (χ1) is 10.3. The number of pyridine rings is 1. The number of hydrogen-bond acceptors (Lipinski definition) is 3. The normalized spacial score (nSPS) is 19.1. The van der Waals surface area contributed by atoms with Gasteiger partial charge < -0.3 is 10.2 Å². The molecule has 3 rings (SSSR count). The molecule has 1 atom stereocenters. The van der Waals surface area contributed by atoms with E-state index in [1.54, 1.807) is 0 Å². The lowest BCUT2D eigenvalue weighted by Crippen LogP contribution is -2.36. The van der Waals surface area contributed by atoms with Crippen molar-refractivity contribution in [2.75, 3.05) is 25.0 Å². The van der Waals surface area contributed by atoms with E-state index >= 15 is 0 Å². The molecular weight excluding hydrogens is 258 g/mol. The lowest BCUT2D eigenvalue weighted by molar-refractivity contribution is 0.402. The van der Waals surface area contributed by atoms with Gasteiger partial charge >= 0.3 is 0 Å². The van der Waals surface area contributed by atoms with Crippen LogP contribution in [0, 0.1) is 5.92 Å². The van der Waals surface area contributed by atoms with E-state index in [-0.39, 0.29) is 0 Å². The van der Waals surface area contributed by atoms with Gasteiger partial charge in [-0.05, 0) is 37.9 Å². The average molecular weight is 283 g/mol. The summed E-state index contributed by atoms with van der Waals surface area (Å²) >= 11 is 0.